The molecule has 1 unspecified atom stereocenters. The first-order chi connectivity index (χ1) is 13.6. The molecule has 1 aliphatic heterocycles. The van der Waals surface area contributed by atoms with Crippen LogP contribution in [0.25, 0.3) is 0 Å². The third kappa shape index (κ3) is 4.38. The molecule has 0 N–H and O–H groups in total. The van der Waals surface area contributed by atoms with E-state index >= 15 is 0 Å². The summed E-state index contributed by atoms with van der Waals surface area (Å²) in [5.74, 6) is -0.402. The minimum Gasteiger partial charge on any atom is -0.347 e. The monoisotopic (exact) mass is 377 g/mol. The molecule has 1 aliphatic carbocycles. The predicted octanol–water partition coefficient (Wildman–Crippen LogP) is 5.18. The molecule has 3 heteroatoms. The highest BCUT2D eigenvalue weighted by Crippen LogP contribution is 2.48. The molecule has 3 nitrogen and oxygen atoms in total. The van der Waals surface area contributed by atoms with Gasteiger partial charge >= 0.3 is 0 Å². The first-order valence-electron chi connectivity index (χ1n) is 10.3. The Morgan fingerprint density at radius 1 is 0.893 bits per heavy atom. The molecule has 2 fully saturated rings. The number of ether oxygens (including phenoxy) is 2. The Labute approximate surface area is 169 Å². The van der Waals surface area contributed by atoms with Gasteiger partial charge in [-0.1, -0.05) is 79.7 Å². The molecule has 0 radical (unpaired) electrons. The molecule has 1 saturated heterocycles. The number of benzene rings is 2. The fourth-order valence-corrected chi connectivity index (χ4v) is 4.71. The molecule has 1 saturated carbocycles. The minimum atomic E-state index is -0.402. The Morgan fingerprint density at radius 3 is 1.96 bits per heavy atom. The van der Waals surface area contributed by atoms with Crippen molar-refractivity contribution in [3.63, 3.8) is 0 Å². The van der Waals surface area contributed by atoms with Gasteiger partial charge in [0.15, 0.2) is 5.79 Å². The smallest absolute Gasteiger partial charge is 0.169 e. The molecule has 2 aromatic carbocycles. The molecule has 2 aromatic rings. The summed E-state index contributed by atoms with van der Waals surface area (Å²) in [5, 5.41) is 0. The van der Waals surface area contributed by atoms with Crippen LogP contribution in [0.4, 0.5) is 0 Å². The van der Waals surface area contributed by atoms with Gasteiger partial charge in [0.05, 0.1) is 13.2 Å². The van der Waals surface area contributed by atoms with Crippen molar-refractivity contribution in [2.45, 2.75) is 45.1 Å². The normalized spacial score (nSPS) is 24.1. The zero-order valence-electron chi connectivity index (χ0n) is 16.9. The average molecular weight is 378 g/mol. The lowest BCUT2D eigenvalue weighted by molar-refractivity contribution is -0.192. The van der Waals surface area contributed by atoms with Gasteiger partial charge < -0.3 is 9.47 Å². The molecular weight excluding hydrogens is 346 g/mol. The van der Waals surface area contributed by atoms with Crippen molar-refractivity contribution in [1.82, 2.24) is 4.90 Å². The van der Waals surface area contributed by atoms with Crippen molar-refractivity contribution in [2.24, 2.45) is 5.41 Å². The summed E-state index contributed by atoms with van der Waals surface area (Å²) in [6, 6.07) is 21.5. The van der Waals surface area contributed by atoms with Gasteiger partial charge in [-0.15, -0.1) is 0 Å². The minimum absolute atomic E-state index is 0.0217. The quantitative estimate of drug-likeness (QED) is 0.648. The van der Waals surface area contributed by atoms with Gasteiger partial charge in [-0.2, -0.15) is 0 Å². The second kappa shape index (κ2) is 8.20. The highest BCUT2D eigenvalue weighted by Gasteiger charge is 2.48. The van der Waals surface area contributed by atoms with E-state index < -0.39 is 5.79 Å². The molecule has 0 bridgehead atoms. The van der Waals surface area contributed by atoms with Crippen LogP contribution in [0.1, 0.15) is 37.3 Å². The molecule has 2 aliphatic rings. The fourth-order valence-electron chi connectivity index (χ4n) is 4.71. The Morgan fingerprint density at radius 2 is 1.43 bits per heavy atom. The maximum absolute atomic E-state index is 6.06. The summed E-state index contributed by atoms with van der Waals surface area (Å²) in [6.07, 6.45) is 2.79. The van der Waals surface area contributed by atoms with Crippen molar-refractivity contribution in [3.8, 4) is 0 Å². The van der Waals surface area contributed by atoms with Crippen LogP contribution in [-0.4, -0.2) is 30.4 Å². The number of hydrogen-bond donors (Lipinski definition) is 0. The van der Waals surface area contributed by atoms with Gasteiger partial charge in [-0.3, -0.25) is 4.90 Å². The van der Waals surface area contributed by atoms with E-state index in [0.717, 1.165) is 38.9 Å². The van der Waals surface area contributed by atoms with Crippen LogP contribution in [0.5, 0.6) is 0 Å². The highest BCUT2D eigenvalue weighted by atomic mass is 16.7. The topological polar surface area (TPSA) is 21.7 Å². The molecule has 4 rings (SSSR count). The summed E-state index contributed by atoms with van der Waals surface area (Å²) in [7, 11) is 0. The van der Waals surface area contributed by atoms with Gasteiger partial charge in [0, 0.05) is 37.9 Å². The first kappa shape index (κ1) is 19.4. The van der Waals surface area contributed by atoms with Crippen LogP contribution < -0.4 is 0 Å². The maximum atomic E-state index is 6.06. The van der Waals surface area contributed by atoms with E-state index in [-0.39, 0.29) is 5.41 Å². The van der Waals surface area contributed by atoms with Gasteiger partial charge in [-0.25, -0.2) is 0 Å². The van der Waals surface area contributed by atoms with E-state index in [1.807, 2.05) is 0 Å². The molecule has 0 aromatic heterocycles. The Kier molecular flexibility index (Phi) is 5.68. The summed E-state index contributed by atoms with van der Waals surface area (Å²) in [6.45, 7) is 11.0. The molecule has 1 spiro atoms. The summed E-state index contributed by atoms with van der Waals surface area (Å²) < 4.78 is 12.1. The zero-order chi connectivity index (χ0) is 19.5. The van der Waals surface area contributed by atoms with E-state index in [9.17, 15) is 0 Å². The lowest BCUT2D eigenvalue weighted by atomic mass is 9.69. The van der Waals surface area contributed by atoms with Crippen molar-refractivity contribution in [2.75, 3.05) is 19.8 Å². The van der Waals surface area contributed by atoms with Gasteiger partial charge in [0.2, 0.25) is 0 Å². The van der Waals surface area contributed by atoms with Crippen LogP contribution in [0.3, 0.4) is 0 Å². The number of nitrogens with zero attached hydrogens (tertiary/aromatic N) is 1. The summed E-state index contributed by atoms with van der Waals surface area (Å²) >= 11 is 0. The fraction of sp³-hybridized carbons (Fsp3) is 0.440. The molecule has 28 heavy (non-hydrogen) atoms. The number of rotatable bonds is 6. The molecule has 0 amide bonds. The lowest BCUT2D eigenvalue weighted by Gasteiger charge is -2.46. The van der Waals surface area contributed by atoms with Crippen molar-refractivity contribution < 1.29 is 9.47 Å². The van der Waals surface area contributed by atoms with E-state index in [4.69, 9.17) is 9.47 Å². The van der Waals surface area contributed by atoms with Crippen LogP contribution in [0, 0.1) is 5.41 Å². The van der Waals surface area contributed by atoms with E-state index in [0.29, 0.717) is 13.2 Å². The average Bonchev–Trinajstić information content (AvgIpc) is 3.14. The second-order valence-corrected chi connectivity index (χ2v) is 8.56. The van der Waals surface area contributed by atoms with E-state index in [2.05, 4.69) is 79.1 Å². The Bertz CT molecular complexity index is 741. The van der Waals surface area contributed by atoms with Crippen LogP contribution in [0.2, 0.25) is 0 Å². The maximum Gasteiger partial charge on any atom is 0.169 e. The molecule has 148 valence electrons. The van der Waals surface area contributed by atoms with Crippen LogP contribution >= 0.6 is 0 Å². The second-order valence-electron chi connectivity index (χ2n) is 8.56. The summed E-state index contributed by atoms with van der Waals surface area (Å²) in [5.41, 5.74) is 3.98. The lowest BCUT2D eigenvalue weighted by Crippen LogP contribution is -2.47. The van der Waals surface area contributed by atoms with Gasteiger partial charge in [-0.05, 0) is 17.5 Å². The zero-order valence-corrected chi connectivity index (χ0v) is 16.9. The predicted molar refractivity (Wildman–Crippen MR) is 113 cm³/mol. The first-order valence-corrected chi connectivity index (χ1v) is 10.3. The molecule has 1 heterocycles. The Balaban J connectivity index is 1.55. The van der Waals surface area contributed by atoms with E-state index in [1.54, 1.807) is 0 Å². The highest BCUT2D eigenvalue weighted by molar-refractivity contribution is 5.20. The largest absolute Gasteiger partial charge is 0.347 e. The molecule has 1 atom stereocenters. The third-order valence-corrected chi connectivity index (χ3v) is 6.20. The summed E-state index contributed by atoms with van der Waals surface area (Å²) in [4.78, 5) is 2.55. The van der Waals surface area contributed by atoms with Crippen molar-refractivity contribution in [3.05, 3.63) is 83.9 Å². The van der Waals surface area contributed by atoms with Crippen LogP contribution in [0.15, 0.2) is 72.8 Å². The van der Waals surface area contributed by atoms with Gasteiger partial charge in [0.1, 0.15) is 0 Å². The van der Waals surface area contributed by atoms with Crippen LogP contribution in [-0.2, 0) is 22.6 Å². The van der Waals surface area contributed by atoms with E-state index in [1.165, 1.54) is 16.7 Å². The molecular formula is C25H31NO2. The standard InChI is InChI=1S/C25H31NO2/c1-21-13-14-25(27-15-16-28-25)19-24(21,2)20-26(17-22-9-5-3-6-10-22)18-23-11-7-4-8-12-23/h3-12H,1,13-20H2,2H3. The van der Waals surface area contributed by atoms with Crippen molar-refractivity contribution >= 4 is 0 Å². The third-order valence-electron chi connectivity index (χ3n) is 6.20. The SMILES string of the molecule is C=C1CCC2(CC1(C)CN(Cc1ccccc1)Cc1ccccc1)OCCO2. The number of hydrogen-bond acceptors (Lipinski definition) is 3. The van der Waals surface area contributed by atoms with Crippen molar-refractivity contribution in [1.29, 1.82) is 0 Å². The Hall–Kier alpha value is -1.94. The van der Waals surface area contributed by atoms with Gasteiger partial charge in [0.25, 0.3) is 0 Å².